The third kappa shape index (κ3) is 4.63. The minimum Gasteiger partial charge on any atom is -0.395 e. The smallest absolute Gasteiger partial charge is 0.0584 e. The van der Waals surface area contributed by atoms with E-state index in [0.29, 0.717) is 11.5 Å². The maximum atomic E-state index is 8.83. The van der Waals surface area contributed by atoms with E-state index in [1.54, 1.807) is 0 Å². The summed E-state index contributed by atoms with van der Waals surface area (Å²) >= 11 is 0. The van der Waals surface area contributed by atoms with Crippen LogP contribution in [0.5, 0.6) is 0 Å². The first-order valence-electron chi connectivity index (χ1n) is 5.46. The lowest BCUT2D eigenvalue weighted by Gasteiger charge is -2.19. The average Bonchev–Trinajstić information content (AvgIpc) is 2.50. The number of rotatable bonds is 2. The van der Waals surface area contributed by atoms with Crippen LogP contribution in [0.25, 0.3) is 0 Å². The topological polar surface area (TPSA) is 32.3 Å². The summed E-state index contributed by atoms with van der Waals surface area (Å²) in [7, 11) is 0. The normalized spacial score (nSPS) is 32.5. The summed E-state index contributed by atoms with van der Waals surface area (Å²) in [5, 5.41) is 12.1. The minimum absolute atomic E-state index is 0.287. The van der Waals surface area contributed by atoms with Crippen molar-refractivity contribution >= 4 is 0 Å². The molecule has 1 aliphatic rings. The summed E-state index contributed by atoms with van der Waals surface area (Å²) in [6, 6.07) is 0.352. The Morgan fingerprint density at radius 2 is 1.92 bits per heavy atom. The van der Waals surface area contributed by atoms with E-state index in [0.717, 1.165) is 13.0 Å². The molecule has 0 spiro atoms. The molecule has 13 heavy (non-hydrogen) atoms. The van der Waals surface area contributed by atoms with E-state index in [9.17, 15) is 0 Å². The Labute approximate surface area is 82.7 Å². The summed E-state index contributed by atoms with van der Waals surface area (Å²) in [6.45, 7) is 10.1. The Morgan fingerprint density at radius 3 is 2.15 bits per heavy atom. The van der Waals surface area contributed by atoms with Gasteiger partial charge in [0, 0.05) is 12.6 Å². The van der Waals surface area contributed by atoms with Gasteiger partial charge in [0.15, 0.2) is 0 Å². The maximum absolute atomic E-state index is 8.83. The second-order valence-corrected chi connectivity index (χ2v) is 4.34. The SMILES string of the molecule is CCC.CCC1(C)CNC(CO)C1. The van der Waals surface area contributed by atoms with E-state index in [1.807, 2.05) is 0 Å². The number of nitrogens with one attached hydrogen (secondary N) is 1. The second-order valence-electron chi connectivity index (χ2n) is 4.34. The van der Waals surface area contributed by atoms with Gasteiger partial charge in [-0.3, -0.25) is 0 Å². The zero-order chi connectivity index (χ0) is 10.3. The van der Waals surface area contributed by atoms with Crippen molar-refractivity contribution in [3.8, 4) is 0 Å². The molecule has 0 aliphatic carbocycles. The van der Waals surface area contributed by atoms with Gasteiger partial charge < -0.3 is 10.4 Å². The number of aliphatic hydroxyl groups excluding tert-OH is 1. The molecule has 1 aliphatic heterocycles. The fraction of sp³-hybridized carbons (Fsp3) is 1.00. The Morgan fingerprint density at radius 1 is 1.38 bits per heavy atom. The van der Waals surface area contributed by atoms with Gasteiger partial charge in [0.25, 0.3) is 0 Å². The molecule has 0 bridgehead atoms. The summed E-state index contributed by atoms with van der Waals surface area (Å²) < 4.78 is 0. The highest BCUT2D eigenvalue weighted by atomic mass is 16.3. The number of hydrogen-bond acceptors (Lipinski definition) is 2. The first kappa shape index (κ1) is 12.9. The van der Waals surface area contributed by atoms with Gasteiger partial charge in [-0.25, -0.2) is 0 Å². The quantitative estimate of drug-likeness (QED) is 0.694. The van der Waals surface area contributed by atoms with Gasteiger partial charge in [0.1, 0.15) is 0 Å². The summed E-state index contributed by atoms with van der Waals surface area (Å²) in [6.07, 6.45) is 3.58. The molecule has 2 nitrogen and oxygen atoms in total. The molecule has 1 fully saturated rings. The molecule has 80 valence electrons. The van der Waals surface area contributed by atoms with Gasteiger partial charge in [0.05, 0.1) is 6.61 Å². The van der Waals surface area contributed by atoms with Crippen molar-refractivity contribution in [1.29, 1.82) is 0 Å². The van der Waals surface area contributed by atoms with Crippen LogP contribution in [-0.4, -0.2) is 24.3 Å². The van der Waals surface area contributed by atoms with Crippen LogP contribution in [0.3, 0.4) is 0 Å². The van der Waals surface area contributed by atoms with Gasteiger partial charge in [-0.05, 0) is 18.3 Å². The van der Waals surface area contributed by atoms with Crippen molar-refractivity contribution < 1.29 is 5.11 Å². The Hall–Kier alpha value is -0.0800. The van der Waals surface area contributed by atoms with Crippen LogP contribution in [0.15, 0.2) is 0 Å². The lowest BCUT2D eigenvalue weighted by Crippen LogP contribution is -2.24. The van der Waals surface area contributed by atoms with Crippen molar-refractivity contribution in [1.82, 2.24) is 5.32 Å². The van der Waals surface area contributed by atoms with E-state index in [2.05, 4.69) is 33.0 Å². The molecule has 0 aromatic carbocycles. The highest BCUT2D eigenvalue weighted by Gasteiger charge is 2.32. The van der Waals surface area contributed by atoms with Crippen molar-refractivity contribution in [2.45, 2.75) is 53.0 Å². The molecule has 0 amide bonds. The van der Waals surface area contributed by atoms with Gasteiger partial charge in [-0.2, -0.15) is 0 Å². The van der Waals surface area contributed by atoms with Crippen LogP contribution in [0.2, 0.25) is 0 Å². The van der Waals surface area contributed by atoms with E-state index >= 15 is 0 Å². The number of aliphatic hydroxyl groups is 1. The highest BCUT2D eigenvalue weighted by Crippen LogP contribution is 2.30. The fourth-order valence-electron chi connectivity index (χ4n) is 1.53. The summed E-state index contributed by atoms with van der Waals surface area (Å²) in [4.78, 5) is 0. The van der Waals surface area contributed by atoms with Crippen LogP contribution >= 0.6 is 0 Å². The summed E-state index contributed by atoms with van der Waals surface area (Å²) in [5.74, 6) is 0. The first-order chi connectivity index (χ1) is 6.11. The predicted octanol–water partition coefficient (Wildman–Crippen LogP) is 2.17. The highest BCUT2D eigenvalue weighted by molar-refractivity contribution is 4.89. The third-order valence-electron chi connectivity index (χ3n) is 2.63. The van der Waals surface area contributed by atoms with Crippen molar-refractivity contribution in [2.75, 3.05) is 13.2 Å². The molecule has 1 rings (SSSR count). The zero-order valence-electron chi connectivity index (χ0n) is 9.56. The second kappa shape index (κ2) is 6.39. The zero-order valence-corrected chi connectivity index (χ0v) is 9.56. The lowest BCUT2D eigenvalue weighted by atomic mass is 9.85. The molecule has 0 radical (unpaired) electrons. The van der Waals surface area contributed by atoms with Gasteiger partial charge in [-0.1, -0.05) is 34.1 Å². The Bertz CT molecular complexity index is 127. The van der Waals surface area contributed by atoms with Crippen LogP contribution in [0.1, 0.15) is 47.0 Å². The summed E-state index contributed by atoms with van der Waals surface area (Å²) in [5.41, 5.74) is 0.438. The van der Waals surface area contributed by atoms with E-state index in [1.165, 1.54) is 12.8 Å². The van der Waals surface area contributed by atoms with Crippen LogP contribution in [0, 0.1) is 5.41 Å². The molecule has 0 aromatic heterocycles. The monoisotopic (exact) mass is 187 g/mol. The van der Waals surface area contributed by atoms with Gasteiger partial charge >= 0.3 is 0 Å². The van der Waals surface area contributed by atoms with Gasteiger partial charge in [0.2, 0.25) is 0 Å². The largest absolute Gasteiger partial charge is 0.395 e. The minimum atomic E-state index is 0.287. The Kier molecular flexibility index (Phi) is 6.35. The molecule has 2 N–H and O–H groups in total. The molecule has 2 atom stereocenters. The van der Waals surface area contributed by atoms with Crippen LogP contribution in [-0.2, 0) is 0 Å². The third-order valence-corrected chi connectivity index (χ3v) is 2.63. The van der Waals surface area contributed by atoms with Crippen LogP contribution in [0.4, 0.5) is 0 Å². The maximum Gasteiger partial charge on any atom is 0.0584 e. The van der Waals surface area contributed by atoms with Crippen molar-refractivity contribution in [2.24, 2.45) is 5.41 Å². The molecule has 1 saturated heterocycles. The molecule has 2 heteroatoms. The van der Waals surface area contributed by atoms with Crippen LogP contribution < -0.4 is 5.32 Å². The van der Waals surface area contributed by atoms with E-state index in [4.69, 9.17) is 5.11 Å². The van der Waals surface area contributed by atoms with Crippen molar-refractivity contribution in [3.63, 3.8) is 0 Å². The van der Waals surface area contributed by atoms with Crippen molar-refractivity contribution in [3.05, 3.63) is 0 Å². The average molecular weight is 187 g/mol. The van der Waals surface area contributed by atoms with E-state index < -0.39 is 0 Å². The number of hydrogen-bond donors (Lipinski definition) is 2. The lowest BCUT2D eigenvalue weighted by molar-refractivity contribution is 0.243. The predicted molar refractivity (Wildman–Crippen MR) is 57.9 cm³/mol. The molecule has 2 unspecified atom stereocenters. The molecule has 0 saturated carbocycles. The standard InChI is InChI=1S/C8H17NO.C3H8/c1-3-8(2)4-7(5-10)9-6-8;1-3-2/h7,9-10H,3-6H2,1-2H3;3H2,1-2H3. The molecular formula is C11H25NO. The Balaban J connectivity index is 0.000000424. The fourth-order valence-corrected chi connectivity index (χ4v) is 1.53. The molecule has 0 aromatic rings. The van der Waals surface area contributed by atoms with Gasteiger partial charge in [-0.15, -0.1) is 0 Å². The molecular weight excluding hydrogens is 162 g/mol. The van der Waals surface area contributed by atoms with E-state index in [-0.39, 0.29) is 6.61 Å². The first-order valence-corrected chi connectivity index (χ1v) is 5.46. The molecule has 1 heterocycles.